The van der Waals surface area contributed by atoms with E-state index in [4.69, 9.17) is 0 Å². The van der Waals surface area contributed by atoms with Crippen LogP contribution in [0, 0.1) is 0 Å². The Balaban J connectivity index is 2.92. The van der Waals surface area contributed by atoms with Gasteiger partial charge in [-0.2, -0.15) is 0 Å². The van der Waals surface area contributed by atoms with Crippen LogP contribution in [0.5, 0.6) is 0 Å². The third-order valence-electron chi connectivity index (χ3n) is 3.67. The highest BCUT2D eigenvalue weighted by Crippen LogP contribution is 2.16. The molecule has 0 spiro atoms. The standard InChI is InChI=1S/C14H22N2O3S/c1-5-14(3,6-2)16-13(17)11-7-9-12(10-8-11)20(18,19)15-4/h7-10,15H,5-6H2,1-4H3,(H,16,17). The first kappa shape index (κ1) is 16.7. The maximum absolute atomic E-state index is 12.1. The first-order chi connectivity index (χ1) is 9.28. The van der Waals surface area contributed by atoms with Crippen molar-refractivity contribution in [2.75, 3.05) is 7.05 Å². The van der Waals surface area contributed by atoms with Gasteiger partial charge in [0, 0.05) is 11.1 Å². The number of rotatable bonds is 6. The second kappa shape index (κ2) is 6.37. The molecule has 6 heteroatoms. The second-order valence-electron chi connectivity index (χ2n) is 4.95. The van der Waals surface area contributed by atoms with Gasteiger partial charge in [-0.15, -0.1) is 0 Å². The lowest BCUT2D eigenvalue weighted by molar-refractivity contribution is 0.0901. The van der Waals surface area contributed by atoms with Crippen molar-refractivity contribution in [3.63, 3.8) is 0 Å². The summed E-state index contributed by atoms with van der Waals surface area (Å²) in [5, 5.41) is 2.98. The molecule has 1 aromatic carbocycles. The van der Waals surface area contributed by atoms with Gasteiger partial charge in [0.2, 0.25) is 10.0 Å². The molecule has 20 heavy (non-hydrogen) atoms. The SMILES string of the molecule is CCC(C)(CC)NC(=O)c1ccc(S(=O)(=O)NC)cc1. The van der Waals surface area contributed by atoms with Crippen LogP contribution in [-0.4, -0.2) is 26.9 Å². The van der Waals surface area contributed by atoms with Gasteiger partial charge in [-0.3, -0.25) is 4.79 Å². The van der Waals surface area contributed by atoms with Crippen LogP contribution in [0.25, 0.3) is 0 Å². The summed E-state index contributed by atoms with van der Waals surface area (Å²) in [6.45, 7) is 6.03. The molecule has 0 aromatic heterocycles. The minimum absolute atomic E-state index is 0.144. The molecule has 2 N–H and O–H groups in total. The molecule has 0 fully saturated rings. The number of nitrogens with one attached hydrogen (secondary N) is 2. The lowest BCUT2D eigenvalue weighted by atomic mass is 9.95. The summed E-state index contributed by atoms with van der Waals surface area (Å²) in [7, 11) is -2.12. The van der Waals surface area contributed by atoms with E-state index in [2.05, 4.69) is 10.0 Å². The van der Waals surface area contributed by atoms with Crippen molar-refractivity contribution in [1.82, 2.24) is 10.0 Å². The summed E-state index contributed by atoms with van der Waals surface area (Å²) in [5.74, 6) is -0.190. The number of hydrogen-bond acceptors (Lipinski definition) is 3. The quantitative estimate of drug-likeness (QED) is 0.842. The zero-order chi connectivity index (χ0) is 15.4. The minimum atomic E-state index is -3.47. The Bertz CT molecular complexity index is 561. The number of amides is 1. The van der Waals surface area contributed by atoms with Gasteiger partial charge in [-0.25, -0.2) is 13.1 Å². The summed E-state index contributed by atoms with van der Waals surface area (Å²) < 4.78 is 25.4. The minimum Gasteiger partial charge on any atom is -0.347 e. The summed E-state index contributed by atoms with van der Waals surface area (Å²) in [6.07, 6.45) is 1.67. The van der Waals surface area contributed by atoms with Gasteiger partial charge in [0.15, 0.2) is 0 Å². The molecule has 5 nitrogen and oxygen atoms in total. The molecule has 0 aliphatic rings. The Morgan fingerprint density at radius 2 is 1.65 bits per heavy atom. The van der Waals surface area contributed by atoms with E-state index < -0.39 is 10.0 Å². The van der Waals surface area contributed by atoms with Crippen LogP contribution in [0.15, 0.2) is 29.2 Å². The van der Waals surface area contributed by atoms with Crippen LogP contribution < -0.4 is 10.0 Å². The Morgan fingerprint density at radius 3 is 2.05 bits per heavy atom. The van der Waals surface area contributed by atoms with Crippen LogP contribution in [0.1, 0.15) is 44.0 Å². The van der Waals surface area contributed by atoms with E-state index in [9.17, 15) is 13.2 Å². The van der Waals surface area contributed by atoms with Crippen molar-refractivity contribution >= 4 is 15.9 Å². The predicted molar refractivity (Wildman–Crippen MR) is 79.1 cm³/mol. The highest BCUT2D eigenvalue weighted by Gasteiger charge is 2.22. The molecule has 0 saturated heterocycles. The summed E-state index contributed by atoms with van der Waals surface area (Å²) in [6, 6.07) is 5.89. The summed E-state index contributed by atoms with van der Waals surface area (Å²) in [5.41, 5.74) is 0.209. The molecule has 0 saturated carbocycles. The number of benzene rings is 1. The number of carbonyl (C=O) groups excluding carboxylic acids is 1. The van der Waals surface area contributed by atoms with Crippen molar-refractivity contribution < 1.29 is 13.2 Å². The van der Waals surface area contributed by atoms with Crippen molar-refractivity contribution in [2.45, 2.75) is 44.0 Å². The zero-order valence-corrected chi connectivity index (χ0v) is 13.2. The third kappa shape index (κ3) is 3.80. The van der Waals surface area contributed by atoms with E-state index in [1.165, 1.54) is 31.3 Å². The summed E-state index contributed by atoms with van der Waals surface area (Å²) >= 11 is 0. The molecular formula is C14H22N2O3S. The highest BCUT2D eigenvalue weighted by molar-refractivity contribution is 7.89. The third-order valence-corrected chi connectivity index (χ3v) is 5.10. The Kier molecular flexibility index (Phi) is 5.30. The van der Waals surface area contributed by atoms with Gasteiger partial charge < -0.3 is 5.32 Å². The highest BCUT2D eigenvalue weighted by atomic mass is 32.2. The van der Waals surface area contributed by atoms with E-state index in [0.29, 0.717) is 5.56 Å². The van der Waals surface area contributed by atoms with Gasteiger partial charge >= 0.3 is 0 Å². The fourth-order valence-electron chi connectivity index (χ4n) is 1.68. The zero-order valence-electron chi connectivity index (χ0n) is 12.4. The van der Waals surface area contributed by atoms with E-state index in [1.807, 2.05) is 20.8 Å². The lowest BCUT2D eigenvalue weighted by Gasteiger charge is -2.28. The number of sulfonamides is 1. The molecule has 0 radical (unpaired) electrons. The number of hydrogen-bond donors (Lipinski definition) is 2. The normalized spacial score (nSPS) is 12.2. The van der Waals surface area contributed by atoms with Gasteiger partial charge in [0.1, 0.15) is 0 Å². The Labute approximate surface area is 120 Å². The first-order valence-corrected chi connectivity index (χ1v) is 8.12. The first-order valence-electron chi connectivity index (χ1n) is 6.64. The fourth-order valence-corrected chi connectivity index (χ4v) is 2.41. The van der Waals surface area contributed by atoms with E-state index in [-0.39, 0.29) is 16.3 Å². The molecule has 0 atom stereocenters. The van der Waals surface area contributed by atoms with Crippen molar-refractivity contribution in [2.24, 2.45) is 0 Å². The van der Waals surface area contributed by atoms with Gasteiger partial charge in [-0.05, 0) is 51.1 Å². The average Bonchev–Trinajstić information content (AvgIpc) is 2.47. The molecule has 1 amide bonds. The lowest BCUT2D eigenvalue weighted by Crippen LogP contribution is -2.44. The van der Waals surface area contributed by atoms with Crippen LogP contribution in [-0.2, 0) is 10.0 Å². The van der Waals surface area contributed by atoms with E-state index in [0.717, 1.165) is 12.8 Å². The molecule has 0 aliphatic heterocycles. The maximum Gasteiger partial charge on any atom is 0.251 e. The molecule has 1 rings (SSSR count). The van der Waals surface area contributed by atoms with Crippen LogP contribution in [0.2, 0.25) is 0 Å². The van der Waals surface area contributed by atoms with Gasteiger partial charge in [0.05, 0.1) is 4.90 Å². The summed E-state index contributed by atoms with van der Waals surface area (Å²) in [4.78, 5) is 12.3. The predicted octanol–water partition coefficient (Wildman–Crippen LogP) is 1.90. The van der Waals surface area contributed by atoms with E-state index >= 15 is 0 Å². The van der Waals surface area contributed by atoms with Crippen molar-refractivity contribution in [1.29, 1.82) is 0 Å². The maximum atomic E-state index is 12.1. The molecule has 112 valence electrons. The van der Waals surface area contributed by atoms with Crippen LogP contribution in [0.3, 0.4) is 0 Å². The largest absolute Gasteiger partial charge is 0.347 e. The topological polar surface area (TPSA) is 75.3 Å². The van der Waals surface area contributed by atoms with Crippen LogP contribution in [0.4, 0.5) is 0 Å². The Morgan fingerprint density at radius 1 is 1.15 bits per heavy atom. The average molecular weight is 298 g/mol. The van der Waals surface area contributed by atoms with Gasteiger partial charge in [-0.1, -0.05) is 13.8 Å². The van der Waals surface area contributed by atoms with Crippen molar-refractivity contribution in [3.8, 4) is 0 Å². The molecule has 1 aromatic rings. The molecule has 0 bridgehead atoms. The molecule has 0 heterocycles. The monoisotopic (exact) mass is 298 g/mol. The molecule has 0 aliphatic carbocycles. The van der Waals surface area contributed by atoms with Crippen molar-refractivity contribution in [3.05, 3.63) is 29.8 Å². The van der Waals surface area contributed by atoms with Crippen LogP contribution >= 0.6 is 0 Å². The molecule has 0 unspecified atom stereocenters. The molecular weight excluding hydrogens is 276 g/mol. The Hall–Kier alpha value is -1.40. The fraction of sp³-hybridized carbons (Fsp3) is 0.500. The second-order valence-corrected chi connectivity index (χ2v) is 6.84. The van der Waals surface area contributed by atoms with Gasteiger partial charge in [0.25, 0.3) is 5.91 Å². The smallest absolute Gasteiger partial charge is 0.251 e. The number of carbonyl (C=O) groups is 1. The van der Waals surface area contributed by atoms with E-state index in [1.54, 1.807) is 0 Å².